The third-order valence-corrected chi connectivity index (χ3v) is 3.70. The van der Waals surface area contributed by atoms with Crippen molar-refractivity contribution in [3.8, 4) is 17.3 Å². The van der Waals surface area contributed by atoms with E-state index in [0.29, 0.717) is 5.56 Å². The van der Waals surface area contributed by atoms with E-state index in [9.17, 15) is 0 Å². The van der Waals surface area contributed by atoms with Gasteiger partial charge in [0, 0.05) is 15.8 Å². The van der Waals surface area contributed by atoms with Crippen molar-refractivity contribution in [2.75, 3.05) is 0 Å². The van der Waals surface area contributed by atoms with Crippen LogP contribution in [0.5, 0.6) is 0 Å². The molecule has 2 heterocycles. The maximum Gasteiger partial charge on any atom is 0.127 e. The Morgan fingerprint density at radius 2 is 1.94 bits per heavy atom. The number of aryl methyl sites for hydroxylation is 1. The van der Waals surface area contributed by atoms with Gasteiger partial charge in [0.2, 0.25) is 0 Å². The Hall–Kier alpha value is -2.25. The summed E-state index contributed by atoms with van der Waals surface area (Å²) in [6.45, 7) is 2.06. The van der Waals surface area contributed by atoms with Gasteiger partial charge in [0.25, 0.3) is 0 Å². The van der Waals surface area contributed by atoms with Crippen molar-refractivity contribution in [2.45, 2.75) is 6.92 Å². The first-order valence-electron chi connectivity index (χ1n) is 5.49. The van der Waals surface area contributed by atoms with Gasteiger partial charge in [-0.05, 0) is 25.1 Å². The molecule has 0 aliphatic carbocycles. The monoisotopic (exact) mass is 251 g/mol. The third-order valence-electron chi connectivity index (χ3n) is 2.74. The second-order valence-electron chi connectivity index (χ2n) is 3.99. The van der Waals surface area contributed by atoms with E-state index in [2.05, 4.69) is 29.0 Å². The highest BCUT2D eigenvalue weighted by molar-refractivity contribution is 7.18. The largest absolute Gasteiger partial charge is 0.236 e. The first-order chi connectivity index (χ1) is 8.78. The van der Waals surface area contributed by atoms with Crippen LogP contribution in [-0.4, -0.2) is 9.97 Å². The molecule has 0 fully saturated rings. The Kier molecular flexibility index (Phi) is 2.54. The molecule has 0 N–H and O–H groups in total. The first kappa shape index (κ1) is 10.9. The second kappa shape index (κ2) is 4.21. The minimum atomic E-state index is 0.658. The number of hydrogen-bond donors (Lipinski definition) is 0. The van der Waals surface area contributed by atoms with Gasteiger partial charge in [0.15, 0.2) is 0 Å². The van der Waals surface area contributed by atoms with Crippen LogP contribution in [0.1, 0.15) is 10.4 Å². The molecule has 3 aromatic rings. The van der Waals surface area contributed by atoms with Crippen LogP contribution in [0.15, 0.2) is 36.7 Å². The van der Waals surface area contributed by atoms with Crippen molar-refractivity contribution >= 4 is 21.6 Å². The van der Waals surface area contributed by atoms with Gasteiger partial charge in [-0.1, -0.05) is 12.1 Å². The molecule has 18 heavy (non-hydrogen) atoms. The molecule has 4 heteroatoms. The van der Waals surface area contributed by atoms with Crippen LogP contribution in [0.3, 0.4) is 0 Å². The van der Waals surface area contributed by atoms with Gasteiger partial charge in [0.05, 0.1) is 17.3 Å². The average Bonchev–Trinajstić information content (AvgIpc) is 2.79. The van der Waals surface area contributed by atoms with Gasteiger partial charge in [-0.2, -0.15) is 5.26 Å². The van der Waals surface area contributed by atoms with E-state index in [0.717, 1.165) is 21.5 Å². The van der Waals surface area contributed by atoms with Gasteiger partial charge in [-0.25, -0.2) is 9.97 Å². The summed E-state index contributed by atoms with van der Waals surface area (Å²) in [4.78, 5) is 10.9. The molecular weight excluding hydrogens is 242 g/mol. The lowest BCUT2D eigenvalue weighted by Crippen LogP contribution is -1.86. The number of hydrogen-bond acceptors (Lipinski definition) is 4. The van der Waals surface area contributed by atoms with E-state index in [1.807, 2.05) is 24.3 Å². The van der Waals surface area contributed by atoms with E-state index in [1.54, 1.807) is 17.7 Å². The van der Waals surface area contributed by atoms with Crippen LogP contribution >= 0.6 is 11.3 Å². The lowest BCUT2D eigenvalue weighted by molar-refractivity contribution is 1.24. The summed E-state index contributed by atoms with van der Waals surface area (Å²) in [5.41, 5.74) is 2.60. The zero-order valence-corrected chi connectivity index (χ0v) is 10.5. The van der Waals surface area contributed by atoms with Crippen molar-refractivity contribution in [2.24, 2.45) is 0 Å². The van der Waals surface area contributed by atoms with Gasteiger partial charge in [0.1, 0.15) is 11.2 Å². The standard InChI is InChI=1S/C14H9N3S/c1-9-6-12-13(16-8-17-14(12)18-9)11-4-2-10(7-15)3-5-11/h2-6,8H,1H3. The molecule has 0 radical (unpaired) electrons. The molecular formula is C14H9N3S. The van der Waals surface area contributed by atoms with Crippen LogP contribution in [-0.2, 0) is 0 Å². The fourth-order valence-electron chi connectivity index (χ4n) is 1.91. The van der Waals surface area contributed by atoms with Crippen molar-refractivity contribution < 1.29 is 0 Å². The number of aromatic nitrogens is 2. The highest BCUT2D eigenvalue weighted by atomic mass is 32.1. The highest BCUT2D eigenvalue weighted by Crippen LogP contribution is 2.30. The Labute approximate surface area is 108 Å². The molecule has 1 aromatic carbocycles. The van der Waals surface area contributed by atoms with Crippen molar-refractivity contribution in [3.63, 3.8) is 0 Å². The minimum absolute atomic E-state index is 0.658. The number of rotatable bonds is 1. The van der Waals surface area contributed by atoms with Crippen LogP contribution in [0.4, 0.5) is 0 Å². The normalized spacial score (nSPS) is 10.4. The van der Waals surface area contributed by atoms with Gasteiger partial charge in [-0.15, -0.1) is 11.3 Å². The maximum atomic E-state index is 8.80. The van der Waals surface area contributed by atoms with E-state index >= 15 is 0 Å². The summed E-state index contributed by atoms with van der Waals surface area (Å²) in [7, 11) is 0. The van der Waals surface area contributed by atoms with Gasteiger partial charge >= 0.3 is 0 Å². The Morgan fingerprint density at radius 3 is 2.67 bits per heavy atom. The number of nitrogens with zero attached hydrogens (tertiary/aromatic N) is 3. The zero-order chi connectivity index (χ0) is 12.5. The summed E-state index contributed by atoms with van der Waals surface area (Å²) in [6.07, 6.45) is 1.59. The predicted molar refractivity (Wildman–Crippen MR) is 72.3 cm³/mol. The van der Waals surface area contributed by atoms with Crippen LogP contribution < -0.4 is 0 Å². The van der Waals surface area contributed by atoms with Crippen molar-refractivity contribution in [1.82, 2.24) is 9.97 Å². The third kappa shape index (κ3) is 1.75. The Bertz CT molecular complexity index is 751. The molecule has 0 saturated heterocycles. The zero-order valence-electron chi connectivity index (χ0n) is 9.71. The maximum absolute atomic E-state index is 8.80. The molecule has 0 amide bonds. The molecule has 0 aliphatic heterocycles. The van der Waals surface area contributed by atoms with Crippen LogP contribution in [0.25, 0.3) is 21.5 Å². The Morgan fingerprint density at radius 1 is 1.17 bits per heavy atom. The molecule has 3 rings (SSSR count). The quantitative estimate of drug-likeness (QED) is 0.664. The topological polar surface area (TPSA) is 49.6 Å². The van der Waals surface area contributed by atoms with E-state index in [1.165, 1.54) is 4.88 Å². The summed E-state index contributed by atoms with van der Waals surface area (Å²) < 4.78 is 0. The Balaban J connectivity index is 2.21. The molecule has 0 unspecified atom stereocenters. The molecule has 2 aromatic heterocycles. The number of benzene rings is 1. The number of nitriles is 1. The summed E-state index contributed by atoms with van der Waals surface area (Å²) >= 11 is 1.67. The summed E-state index contributed by atoms with van der Waals surface area (Å²) in [5.74, 6) is 0. The lowest BCUT2D eigenvalue weighted by atomic mass is 10.1. The fraction of sp³-hybridized carbons (Fsp3) is 0.0714. The predicted octanol–water partition coefficient (Wildman–Crippen LogP) is 3.54. The minimum Gasteiger partial charge on any atom is -0.236 e. The SMILES string of the molecule is Cc1cc2c(-c3ccc(C#N)cc3)ncnc2s1. The number of fused-ring (bicyclic) bond motifs is 1. The van der Waals surface area contributed by atoms with E-state index in [-0.39, 0.29) is 0 Å². The van der Waals surface area contributed by atoms with E-state index < -0.39 is 0 Å². The molecule has 0 saturated carbocycles. The smallest absolute Gasteiger partial charge is 0.127 e. The van der Waals surface area contributed by atoms with Crippen LogP contribution in [0.2, 0.25) is 0 Å². The molecule has 86 valence electrons. The van der Waals surface area contributed by atoms with Crippen molar-refractivity contribution in [3.05, 3.63) is 47.1 Å². The first-order valence-corrected chi connectivity index (χ1v) is 6.31. The van der Waals surface area contributed by atoms with Crippen LogP contribution in [0, 0.1) is 18.3 Å². The molecule has 0 atom stereocenters. The summed E-state index contributed by atoms with van der Waals surface area (Å²) in [6, 6.07) is 11.7. The van der Waals surface area contributed by atoms with Crippen molar-refractivity contribution in [1.29, 1.82) is 5.26 Å². The fourth-order valence-corrected chi connectivity index (χ4v) is 2.76. The van der Waals surface area contributed by atoms with Gasteiger partial charge < -0.3 is 0 Å². The van der Waals surface area contributed by atoms with E-state index in [4.69, 9.17) is 5.26 Å². The second-order valence-corrected chi connectivity index (χ2v) is 5.22. The highest BCUT2D eigenvalue weighted by Gasteiger charge is 2.08. The molecule has 0 bridgehead atoms. The molecule has 0 spiro atoms. The summed E-state index contributed by atoms with van der Waals surface area (Å²) in [5, 5.41) is 9.87. The lowest BCUT2D eigenvalue weighted by Gasteiger charge is -2.01. The average molecular weight is 251 g/mol. The number of thiophene rings is 1. The molecule has 0 aliphatic rings. The van der Waals surface area contributed by atoms with Gasteiger partial charge in [-0.3, -0.25) is 0 Å². The molecule has 3 nitrogen and oxygen atoms in total.